The normalized spacial score (nSPS) is 15.5. The highest BCUT2D eigenvalue weighted by Crippen LogP contribution is 2.28. The van der Waals surface area contributed by atoms with Crippen LogP contribution in [0.15, 0.2) is 42.7 Å². The monoisotopic (exact) mass is 359 g/mol. The highest BCUT2D eigenvalue weighted by Gasteiger charge is 2.21. The van der Waals surface area contributed by atoms with E-state index in [1.165, 1.54) is 18.5 Å². The number of aromatic amines is 1. The van der Waals surface area contributed by atoms with E-state index in [0.29, 0.717) is 5.92 Å². The van der Waals surface area contributed by atoms with Gasteiger partial charge in [0.15, 0.2) is 0 Å². The molecule has 1 atom stereocenters. The summed E-state index contributed by atoms with van der Waals surface area (Å²) in [6.07, 6.45) is 7.80. The molecule has 2 N–H and O–H groups in total. The molecule has 138 valence electrons. The highest BCUT2D eigenvalue weighted by atomic mass is 16.3. The van der Waals surface area contributed by atoms with Gasteiger partial charge in [0.25, 0.3) is 0 Å². The number of rotatable bonds is 3. The Balaban J connectivity index is 1.63. The summed E-state index contributed by atoms with van der Waals surface area (Å²) in [4.78, 5) is 9.81. The van der Waals surface area contributed by atoms with Crippen molar-refractivity contribution in [1.29, 1.82) is 0 Å². The standard InChI is InChI=1S/C23H25N3O/c1-26(2)20-10-7-16(8-11-20)19-13-21-18(14-24-23(21)25-15-19)9-12-22(27)17-5-3-4-6-17/h7-8,10-11,13-15,17,22,27H,3-6H2,1-2H3,(H,24,25). The van der Waals surface area contributed by atoms with Crippen LogP contribution in [0.1, 0.15) is 31.2 Å². The first-order valence-corrected chi connectivity index (χ1v) is 9.56. The fraction of sp³-hybridized carbons (Fsp3) is 0.348. The second-order valence-corrected chi connectivity index (χ2v) is 7.52. The largest absolute Gasteiger partial charge is 0.380 e. The van der Waals surface area contributed by atoms with Gasteiger partial charge in [-0.15, -0.1) is 0 Å². The number of pyridine rings is 1. The predicted octanol–water partition coefficient (Wildman–Crippen LogP) is 4.20. The summed E-state index contributed by atoms with van der Waals surface area (Å²) in [5.41, 5.74) is 5.07. The molecule has 4 nitrogen and oxygen atoms in total. The van der Waals surface area contributed by atoms with Crippen molar-refractivity contribution in [3.8, 4) is 23.0 Å². The fourth-order valence-electron chi connectivity index (χ4n) is 3.76. The molecule has 0 amide bonds. The first kappa shape index (κ1) is 17.6. The first-order valence-electron chi connectivity index (χ1n) is 9.56. The molecule has 4 rings (SSSR count). The summed E-state index contributed by atoms with van der Waals surface area (Å²) in [6.45, 7) is 0. The van der Waals surface area contributed by atoms with Crippen LogP contribution < -0.4 is 4.90 Å². The number of anilines is 1. The molecule has 4 heteroatoms. The number of aliphatic hydroxyl groups excluding tert-OH is 1. The molecule has 1 fully saturated rings. The van der Waals surface area contributed by atoms with Gasteiger partial charge in [0.05, 0.1) is 5.56 Å². The van der Waals surface area contributed by atoms with E-state index in [9.17, 15) is 5.11 Å². The quantitative estimate of drug-likeness (QED) is 0.689. The van der Waals surface area contributed by atoms with E-state index in [4.69, 9.17) is 0 Å². The van der Waals surface area contributed by atoms with Crippen molar-refractivity contribution in [3.05, 3.63) is 48.3 Å². The lowest BCUT2D eigenvalue weighted by atomic mass is 10.0. The molecule has 1 saturated carbocycles. The van der Waals surface area contributed by atoms with Gasteiger partial charge >= 0.3 is 0 Å². The van der Waals surface area contributed by atoms with Crippen LogP contribution in [0.3, 0.4) is 0 Å². The molecule has 1 aliphatic rings. The number of H-pyrrole nitrogens is 1. The van der Waals surface area contributed by atoms with Crippen molar-refractivity contribution in [2.24, 2.45) is 5.92 Å². The van der Waals surface area contributed by atoms with Crippen molar-refractivity contribution >= 4 is 16.7 Å². The van der Waals surface area contributed by atoms with Crippen LogP contribution in [-0.2, 0) is 0 Å². The molecule has 1 unspecified atom stereocenters. The summed E-state index contributed by atoms with van der Waals surface area (Å²) in [5, 5.41) is 11.3. The number of benzene rings is 1. The summed E-state index contributed by atoms with van der Waals surface area (Å²) in [7, 11) is 4.07. The van der Waals surface area contributed by atoms with Crippen molar-refractivity contribution in [2.45, 2.75) is 31.8 Å². The molecular weight excluding hydrogens is 334 g/mol. The zero-order chi connectivity index (χ0) is 18.8. The van der Waals surface area contributed by atoms with E-state index < -0.39 is 6.10 Å². The SMILES string of the molecule is CN(C)c1ccc(-c2cnc3[nH]cc(C#CC(O)C4CCCC4)c3c2)cc1. The second kappa shape index (κ2) is 7.46. The van der Waals surface area contributed by atoms with Gasteiger partial charge in [-0.2, -0.15) is 0 Å². The molecule has 1 aromatic carbocycles. The van der Waals surface area contributed by atoms with Gasteiger partial charge in [0.2, 0.25) is 0 Å². The lowest BCUT2D eigenvalue weighted by molar-refractivity contribution is 0.165. The van der Waals surface area contributed by atoms with E-state index in [0.717, 1.165) is 40.6 Å². The lowest BCUT2D eigenvalue weighted by Crippen LogP contribution is -2.14. The number of hydrogen-bond donors (Lipinski definition) is 2. The number of nitrogens with zero attached hydrogens (tertiary/aromatic N) is 2. The molecule has 0 spiro atoms. The Morgan fingerprint density at radius 1 is 1.15 bits per heavy atom. The molecule has 2 heterocycles. The van der Waals surface area contributed by atoms with Gasteiger partial charge in [0, 0.05) is 43.1 Å². The van der Waals surface area contributed by atoms with E-state index >= 15 is 0 Å². The van der Waals surface area contributed by atoms with Gasteiger partial charge in [0.1, 0.15) is 11.8 Å². The number of hydrogen-bond acceptors (Lipinski definition) is 3. The van der Waals surface area contributed by atoms with E-state index in [2.05, 4.69) is 57.0 Å². The Hall–Kier alpha value is -2.77. The van der Waals surface area contributed by atoms with Crippen LogP contribution >= 0.6 is 0 Å². The van der Waals surface area contributed by atoms with Crippen molar-refractivity contribution in [3.63, 3.8) is 0 Å². The maximum absolute atomic E-state index is 10.3. The Morgan fingerprint density at radius 3 is 2.59 bits per heavy atom. The summed E-state index contributed by atoms with van der Waals surface area (Å²) < 4.78 is 0. The molecule has 0 aliphatic heterocycles. The van der Waals surface area contributed by atoms with E-state index in [1.54, 1.807) is 0 Å². The zero-order valence-corrected chi connectivity index (χ0v) is 15.9. The number of aromatic nitrogens is 2. The van der Waals surface area contributed by atoms with Gasteiger partial charge in [-0.25, -0.2) is 4.98 Å². The molecule has 27 heavy (non-hydrogen) atoms. The maximum Gasteiger partial charge on any atom is 0.138 e. The average molecular weight is 359 g/mol. The van der Waals surface area contributed by atoms with Crippen LogP contribution in [0.4, 0.5) is 5.69 Å². The second-order valence-electron chi connectivity index (χ2n) is 7.52. The Labute approximate surface area is 160 Å². The summed E-state index contributed by atoms with van der Waals surface area (Å²) in [5.74, 6) is 6.55. The molecule has 1 aliphatic carbocycles. The molecule has 2 aromatic heterocycles. The van der Waals surface area contributed by atoms with Gasteiger partial charge in [-0.1, -0.05) is 36.8 Å². The summed E-state index contributed by atoms with van der Waals surface area (Å²) >= 11 is 0. The van der Waals surface area contributed by atoms with Gasteiger partial charge < -0.3 is 15.0 Å². The minimum absolute atomic E-state index is 0.326. The van der Waals surface area contributed by atoms with Crippen molar-refractivity contribution in [2.75, 3.05) is 19.0 Å². The zero-order valence-electron chi connectivity index (χ0n) is 15.9. The number of nitrogens with one attached hydrogen (secondary N) is 1. The van der Waals surface area contributed by atoms with Crippen LogP contribution in [0, 0.1) is 17.8 Å². The molecular formula is C23H25N3O. The highest BCUT2D eigenvalue weighted by molar-refractivity contribution is 5.87. The Morgan fingerprint density at radius 2 is 1.89 bits per heavy atom. The minimum Gasteiger partial charge on any atom is -0.380 e. The third kappa shape index (κ3) is 3.70. The van der Waals surface area contributed by atoms with Gasteiger partial charge in [-0.3, -0.25) is 0 Å². The average Bonchev–Trinajstić information content (AvgIpc) is 3.36. The molecule has 0 radical (unpaired) electrons. The van der Waals surface area contributed by atoms with Crippen LogP contribution in [0.25, 0.3) is 22.2 Å². The van der Waals surface area contributed by atoms with Gasteiger partial charge in [-0.05, 0) is 42.5 Å². The topological polar surface area (TPSA) is 52.2 Å². The summed E-state index contributed by atoms with van der Waals surface area (Å²) in [6, 6.07) is 10.6. The van der Waals surface area contributed by atoms with Crippen molar-refractivity contribution < 1.29 is 5.11 Å². The molecule has 3 aromatic rings. The third-order valence-electron chi connectivity index (χ3n) is 5.45. The predicted molar refractivity (Wildman–Crippen MR) is 111 cm³/mol. The Bertz CT molecular complexity index is 986. The minimum atomic E-state index is -0.535. The van der Waals surface area contributed by atoms with E-state index in [-0.39, 0.29) is 0 Å². The van der Waals surface area contributed by atoms with Crippen LogP contribution in [0.2, 0.25) is 0 Å². The van der Waals surface area contributed by atoms with E-state index in [1.807, 2.05) is 26.5 Å². The fourth-order valence-corrected chi connectivity index (χ4v) is 3.76. The first-order chi connectivity index (χ1) is 13.1. The number of fused-ring (bicyclic) bond motifs is 1. The molecule has 0 bridgehead atoms. The lowest BCUT2D eigenvalue weighted by Gasteiger charge is -2.12. The van der Waals surface area contributed by atoms with Crippen LogP contribution in [-0.4, -0.2) is 35.3 Å². The number of aliphatic hydroxyl groups is 1. The maximum atomic E-state index is 10.3. The van der Waals surface area contributed by atoms with Crippen molar-refractivity contribution in [1.82, 2.24) is 9.97 Å². The van der Waals surface area contributed by atoms with Crippen LogP contribution in [0.5, 0.6) is 0 Å². The molecule has 0 saturated heterocycles. The third-order valence-corrected chi connectivity index (χ3v) is 5.45. The Kier molecular flexibility index (Phi) is 4.87. The smallest absolute Gasteiger partial charge is 0.138 e.